The molecule has 0 aromatic rings. The van der Waals surface area contributed by atoms with E-state index in [9.17, 15) is 19.2 Å². The summed E-state index contributed by atoms with van der Waals surface area (Å²) in [4.78, 5) is 45.6. The fourth-order valence-corrected chi connectivity index (χ4v) is 1.14. The maximum Gasteiger partial charge on any atom is 0.375 e. The van der Waals surface area contributed by atoms with Crippen LogP contribution in [0.1, 0.15) is 27.7 Å². The number of esters is 1. The summed E-state index contributed by atoms with van der Waals surface area (Å²) in [5.74, 6) is -5.04. The predicted molar refractivity (Wildman–Crippen MR) is 55.7 cm³/mol. The average molecular weight is 228 g/mol. The zero-order valence-electron chi connectivity index (χ0n) is 10.1. The average Bonchev–Trinajstić information content (AvgIpc) is 2.14. The molecule has 16 heavy (non-hydrogen) atoms. The Hall–Kier alpha value is -1.52. The molecule has 5 heteroatoms. The molecule has 0 spiro atoms. The van der Waals surface area contributed by atoms with Crippen molar-refractivity contribution < 1.29 is 23.9 Å². The lowest BCUT2D eigenvalue weighted by atomic mass is 9.79. The molecule has 0 N–H and O–H groups in total. The van der Waals surface area contributed by atoms with Crippen molar-refractivity contribution in [3.8, 4) is 0 Å². The fraction of sp³-hybridized carbons (Fsp3) is 0.636. The molecule has 0 aliphatic carbocycles. The van der Waals surface area contributed by atoms with Crippen LogP contribution in [0.15, 0.2) is 0 Å². The van der Waals surface area contributed by atoms with Gasteiger partial charge in [0.05, 0.1) is 7.11 Å². The van der Waals surface area contributed by atoms with Crippen molar-refractivity contribution in [3.05, 3.63) is 0 Å². The number of rotatable bonds is 4. The predicted octanol–water partition coefficient (Wildman–Crippen LogP) is 0.549. The standard InChI is InChI=1S/C11H16O5/c1-6(12)7(8(13)10(15)16-5)9(14)11(2,3)4/h7H,1-5H3. The molecule has 0 heterocycles. The number of carbonyl (C=O) groups excluding carboxylic acids is 4. The second-order valence-electron chi connectivity index (χ2n) is 4.51. The molecule has 1 unspecified atom stereocenters. The van der Waals surface area contributed by atoms with Gasteiger partial charge in [0.15, 0.2) is 5.78 Å². The highest BCUT2D eigenvalue weighted by Gasteiger charge is 2.40. The number of hydrogen-bond acceptors (Lipinski definition) is 5. The molecule has 0 aromatic heterocycles. The van der Waals surface area contributed by atoms with Crippen molar-refractivity contribution in [2.24, 2.45) is 11.3 Å². The molecule has 0 amide bonds. The molecule has 90 valence electrons. The third-order valence-electron chi connectivity index (χ3n) is 2.06. The maximum atomic E-state index is 11.8. The minimum Gasteiger partial charge on any atom is -0.463 e. The lowest BCUT2D eigenvalue weighted by molar-refractivity contribution is -0.157. The summed E-state index contributed by atoms with van der Waals surface area (Å²) in [5, 5.41) is 0. The first-order valence-corrected chi connectivity index (χ1v) is 4.79. The van der Waals surface area contributed by atoms with Crippen LogP contribution in [0.4, 0.5) is 0 Å². The number of hydrogen-bond donors (Lipinski definition) is 0. The van der Waals surface area contributed by atoms with Gasteiger partial charge in [-0.3, -0.25) is 14.4 Å². The quantitative estimate of drug-likeness (QED) is 0.399. The first kappa shape index (κ1) is 14.5. The van der Waals surface area contributed by atoms with Crippen LogP contribution in [-0.2, 0) is 23.9 Å². The number of carbonyl (C=O) groups is 4. The minimum atomic E-state index is -1.55. The van der Waals surface area contributed by atoms with Crippen molar-refractivity contribution in [2.45, 2.75) is 27.7 Å². The Morgan fingerprint density at radius 3 is 1.75 bits per heavy atom. The monoisotopic (exact) mass is 228 g/mol. The molecule has 0 saturated heterocycles. The second kappa shape index (κ2) is 5.01. The molecule has 0 bridgehead atoms. The van der Waals surface area contributed by atoms with Crippen molar-refractivity contribution in [2.75, 3.05) is 7.11 Å². The number of Topliss-reactive ketones (excluding diaryl/α,β-unsaturated/α-hetero) is 3. The van der Waals surface area contributed by atoms with Gasteiger partial charge in [-0.15, -0.1) is 0 Å². The van der Waals surface area contributed by atoms with E-state index in [4.69, 9.17) is 0 Å². The van der Waals surface area contributed by atoms with Crippen molar-refractivity contribution in [1.29, 1.82) is 0 Å². The van der Waals surface area contributed by atoms with Gasteiger partial charge in [0.25, 0.3) is 5.78 Å². The topological polar surface area (TPSA) is 77.5 Å². The number of ether oxygens (including phenoxy) is 1. The Bertz CT molecular complexity index is 335. The van der Waals surface area contributed by atoms with Gasteiger partial charge < -0.3 is 4.74 Å². The summed E-state index contributed by atoms with van der Waals surface area (Å²) < 4.78 is 4.21. The van der Waals surface area contributed by atoms with Gasteiger partial charge >= 0.3 is 5.97 Å². The van der Waals surface area contributed by atoms with Crippen LogP contribution in [0.25, 0.3) is 0 Å². The highest BCUT2D eigenvalue weighted by molar-refractivity contribution is 6.43. The Morgan fingerprint density at radius 1 is 1.06 bits per heavy atom. The first-order valence-electron chi connectivity index (χ1n) is 4.79. The Morgan fingerprint density at radius 2 is 1.50 bits per heavy atom. The zero-order chi connectivity index (χ0) is 13.1. The van der Waals surface area contributed by atoms with E-state index < -0.39 is 34.7 Å². The second-order valence-corrected chi connectivity index (χ2v) is 4.51. The van der Waals surface area contributed by atoms with E-state index in [2.05, 4.69) is 4.74 Å². The molecular formula is C11H16O5. The van der Waals surface area contributed by atoms with Crippen LogP contribution in [0.2, 0.25) is 0 Å². The van der Waals surface area contributed by atoms with E-state index in [0.717, 1.165) is 14.0 Å². The van der Waals surface area contributed by atoms with Crippen LogP contribution in [-0.4, -0.2) is 30.4 Å². The van der Waals surface area contributed by atoms with Gasteiger partial charge in [-0.25, -0.2) is 4.79 Å². The molecule has 1 atom stereocenters. The van der Waals surface area contributed by atoms with Gasteiger partial charge in [0, 0.05) is 5.41 Å². The highest BCUT2D eigenvalue weighted by atomic mass is 16.5. The largest absolute Gasteiger partial charge is 0.463 e. The summed E-state index contributed by atoms with van der Waals surface area (Å²) in [6.07, 6.45) is 0. The smallest absolute Gasteiger partial charge is 0.375 e. The van der Waals surface area contributed by atoms with E-state index >= 15 is 0 Å². The van der Waals surface area contributed by atoms with Crippen LogP contribution in [0.5, 0.6) is 0 Å². The summed E-state index contributed by atoms with van der Waals surface area (Å²) >= 11 is 0. The van der Waals surface area contributed by atoms with Gasteiger partial charge in [-0.1, -0.05) is 20.8 Å². The summed E-state index contributed by atoms with van der Waals surface area (Å²) in [6.45, 7) is 5.84. The molecular weight excluding hydrogens is 212 g/mol. The Balaban J connectivity index is 5.20. The summed E-state index contributed by atoms with van der Waals surface area (Å²) in [5.41, 5.74) is -0.861. The Kier molecular flexibility index (Phi) is 4.53. The van der Waals surface area contributed by atoms with Gasteiger partial charge in [0.2, 0.25) is 0 Å². The molecule has 0 rings (SSSR count). The van der Waals surface area contributed by atoms with Gasteiger partial charge in [0.1, 0.15) is 11.7 Å². The fourth-order valence-electron chi connectivity index (χ4n) is 1.14. The summed E-state index contributed by atoms with van der Waals surface area (Å²) in [6, 6.07) is 0. The lowest BCUT2D eigenvalue weighted by Crippen LogP contribution is -2.41. The van der Waals surface area contributed by atoms with Gasteiger partial charge in [-0.05, 0) is 6.92 Å². The highest BCUT2D eigenvalue weighted by Crippen LogP contribution is 2.21. The third-order valence-corrected chi connectivity index (χ3v) is 2.06. The number of methoxy groups -OCH3 is 1. The van der Waals surface area contributed by atoms with E-state index in [0.29, 0.717) is 0 Å². The molecule has 0 fully saturated rings. The van der Waals surface area contributed by atoms with Crippen LogP contribution in [0.3, 0.4) is 0 Å². The van der Waals surface area contributed by atoms with E-state index in [-0.39, 0.29) is 0 Å². The van der Waals surface area contributed by atoms with Crippen molar-refractivity contribution in [1.82, 2.24) is 0 Å². The Labute approximate surface area is 94.1 Å². The maximum absolute atomic E-state index is 11.8. The van der Waals surface area contributed by atoms with E-state index in [1.807, 2.05) is 0 Å². The minimum absolute atomic E-state index is 0.574. The third kappa shape index (κ3) is 3.25. The molecule has 5 nitrogen and oxygen atoms in total. The molecule has 0 radical (unpaired) electrons. The van der Waals surface area contributed by atoms with Crippen LogP contribution in [0, 0.1) is 11.3 Å². The molecule has 0 saturated carbocycles. The van der Waals surface area contributed by atoms with Crippen LogP contribution < -0.4 is 0 Å². The molecule has 0 aromatic carbocycles. The van der Waals surface area contributed by atoms with Crippen molar-refractivity contribution in [3.63, 3.8) is 0 Å². The lowest BCUT2D eigenvalue weighted by Gasteiger charge is -2.21. The normalized spacial score (nSPS) is 12.8. The number of ketones is 3. The van der Waals surface area contributed by atoms with Crippen LogP contribution >= 0.6 is 0 Å². The zero-order valence-corrected chi connectivity index (χ0v) is 10.1. The van der Waals surface area contributed by atoms with E-state index in [1.54, 1.807) is 20.8 Å². The molecule has 0 aliphatic heterocycles. The summed E-state index contributed by atoms with van der Waals surface area (Å²) in [7, 11) is 1.03. The SMILES string of the molecule is COC(=O)C(=O)C(C(C)=O)C(=O)C(C)(C)C. The van der Waals surface area contributed by atoms with E-state index in [1.165, 1.54) is 0 Å². The molecule has 0 aliphatic rings. The van der Waals surface area contributed by atoms with Crippen molar-refractivity contribution >= 4 is 23.3 Å². The van der Waals surface area contributed by atoms with Gasteiger partial charge in [-0.2, -0.15) is 0 Å². The first-order chi connectivity index (χ1) is 7.12.